The van der Waals surface area contributed by atoms with Crippen molar-refractivity contribution in [3.8, 4) is 0 Å². The molecule has 1 heterocycles. The molecule has 2 fully saturated rings. The lowest BCUT2D eigenvalue weighted by atomic mass is 9.95. The van der Waals surface area contributed by atoms with Crippen LogP contribution < -0.4 is 0 Å². The zero-order valence-corrected chi connectivity index (χ0v) is 10.5. The largest absolute Gasteiger partial charge is 0.481 e. The number of likely N-dealkylation sites (tertiary alicyclic amines) is 1. The number of hydrogen-bond acceptors (Lipinski definition) is 3. The molecule has 0 aromatic rings. The molecule has 1 N–H and O–H groups in total. The van der Waals surface area contributed by atoms with Gasteiger partial charge in [0.1, 0.15) is 5.60 Å². The van der Waals surface area contributed by atoms with E-state index < -0.39 is 11.6 Å². The summed E-state index contributed by atoms with van der Waals surface area (Å²) >= 11 is 0. The maximum absolute atomic E-state index is 11.9. The fourth-order valence-electron chi connectivity index (χ4n) is 2.80. The Labute approximate surface area is 101 Å². The van der Waals surface area contributed by atoms with Crippen LogP contribution in [0, 0.1) is 11.8 Å². The van der Waals surface area contributed by atoms with Crippen molar-refractivity contribution in [2.75, 3.05) is 6.54 Å². The molecular formula is C12H19NO4. The molecular weight excluding hydrogens is 222 g/mol. The molecule has 2 bridgehead atoms. The Balaban J connectivity index is 1.96. The van der Waals surface area contributed by atoms with Crippen molar-refractivity contribution < 1.29 is 19.4 Å². The molecule has 1 saturated heterocycles. The molecule has 1 aliphatic carbocycles. The lowest BCUT2D eigenvalue weighted by Crippen LogP contribution is -2.44. The number of rotatable bonds is 1. The van der Waals surface area contributed by atoms with Gasteiger partial charge in [0.05, 0.1) is 5.92 Å². The first kappa shape index (κ1) is 12.2. The number of carbonyl (C=O) groups excluding carboxylic acids is 1. The van der Waals surface area contributed by atoms with Crippen LogP contribution in [0.25, 0.3) is 0 Å². The number of fused-ring (bicyclic) bond motifs is 2. The highest BCUT2D eigenvalue weighted by molar-refractivity contribution is 5.73. The van der Waals surface area contributed by atoms with E-state index in [0.29, 0.717) is 13.0 Å². The Morgan fingerprint density at radius 1 is 1.29 bits per heavy atom. The highest BCUT2D eigenvalue weighted by Gasteiger charge is 2.50. The molecule has 17 heavy (non-hydrogen) atoms. The normalized spacial score (nSPS) is 31.7. The second kappa shape index (κ2) is 3.89. The summed E-state index contributed by atoms with van der Waals surface area (Å²) in [5.41, 5.74) is -0.495. The van der Waals surface area contributed by atoms with E-state index in [1.165, 1.54) is 0 Å². The van der Waals surface area contributed by atoms with E-state index in [0.717, 1.165) is 6.42 Å². The second-order valence-electron chi connectivity index (χ2n) is 5.96. The molecule has 3 atom stereocenters. The third-order valence-electron chi connectivity index (χ3n) is 3.49. The summed E-state index contributed by atoms with van der Waals surface area (Å²) in [6, 6.07) is 0.0518. The number of piperidine rings is 1. The smallest absolute Gasteiger partial charge is 0.410 e. The lowest BCUT2D eigenvalue weighted by molar-refractivity contribution is -0.143. The number of carboxylic acids is 1. The molecule has 5 heteroatoms. The zero-order chi connectivity index (χ0) is 12.8. The summed E-state index contributed by atoms with van der Waals surface area (Å²) in [6.07, 6.45) is 1.06. The molecule has 1 saturated carbocycles. The number of carbonyl (C=O) groups is 2. The maximum atomic E-state index is 11.9. The van der Waals surface area contributed by atoms with Crippen LogP contribution in [0.1, 0.15) is 33.6 Å². The van der Waals surface area contributed by atoms with E-state index in [1.807, 2.05) is 20.8 Å². The van der Waals surface area contributed by atoms with Gasteiger partial charge in [-0.05, 0) is 39.5 Å². The van der Waals surface area contributed by atoms with E-state index in [-0.39, 0.29) is 24.0 Å². The van der Waals surface area contributed by atoms with Crippen molar-refractivity contribution in [1.29, 1.82) is 0 Å². The van der Waals surface area contributed by atoms with Gasteiger partial charge in [-0.1, -0.05) is 0 Å². The van der Waals surface area contributed by atoms with Crippen LogP contribution in [-0.2, 0) is 9.53 Å². The Morgan fingerprint density at radius 2 is 1.94 bits per heavy atom. The van der Waals surface area contributed by atoms with Gasteiger partial charge in [0.2, 0.25) is 0 Å². The molecule has 2 aliphatic rings. The summed E-state index contributed by atoms with van der Waals surface area (Å²) < 4.78 is 5.31. The second-order valence-corrected chi connectivity index (χ2v) is 5.96. The van der Waals surface area contributed by atoms with Gasteiger partial charge in [-0.3, -0.25) is 4.79 Å². The number of carboxylic acid groups (broad SMARTS) is 1. The zero-order valence-electron chi connectivity index (χ0n) is 10.5. The maximum Gasteiger partial charge on any atom is 0.410 e. The quantitative estimate of drug-likeness (QED) is 0.759. The lowest BCUT2D eigenvalue weighted by Gasteiger charge is -2.31. The van der Waals surface area contributed by atoms with Crippen LogP contribution in [0.2, 0.25) is 0 Å². The van der Waals surface area contributed by atoms with E-state index in [2.05, 4.69) is 0 Å². The average Bonchev–Trinajstić information content (AvgIpc) is 2.72. The minimum Gasteiger partial charge on any atom is -0.481 e. The minimum atomic E-state index is -0.735. The molecule has 0 spiro atoms. The molecule has 1 aliphatic heterocycles. The van der Waals surface area contributed by atoms with Crippen LogP contribution in [0.5, 0.6) is 0 Å². The van der Waals surface area contributed by atoms with Crippen LogP contribution in [0.4, 0.5) is 4.79 Å². The summed E-state index contributed by atoms with van der Waals surface area (Å²) in [5, 5.41) is 9.01. The first-order valence-corrected chi connectivity index (χ1v) is 6.00. The van der Waals surface area contributed by atoms with Gasteiger partial charge in [0.25, 0.3) is 0 Å². The molecule has 1 unspecified atom stereocenters. The molecule has 0 aromatic heterocycles. The SMILES string of the molecule is CC(C)(C)OC(=O)N1C[C@H]2C[C@@H]1CC2C(=O)O. The van der Waals surface area contributed by atoms with Crippen LogP contribution in [-0.4, -0.2) is 40.3 Å². The van der Waals surface area contributed by atoms with Crippen LogP contribution >= 0.6 is 0 Å². The van der Waals surface area contributed by atoms with Crippen molar-refractivity contribution in [3.05, 3.63) is 0 Å². The predicted octanol–water partition coefficient (Wildman–Crippen LogP) is 1.72. The Bertz CT molecular complexity index is 347. The number of amides is 1. The average molecular weight is 241 g/mol. The Hall–Kier alpha value is -1.26. The number of nitrogens with zero attached hydrogens (tertiary/aromatic N) is 1. The topological polar surface area (TPSA) is 66.8 Å². The van der Waals surface area contributed by atoms with Gasteiger partial charge in [0.15, 0.2) is 0 Å². The van der Waals surface area contributed by atoms with Crippen molar-refractivity contribution in [1.82, 2.24) is 4.90 Å². The summed E-state index contributed by atoms with van der Waals surface area (Å²) in [5.74, 6) is -0.912. The summed E-state index contributed by atoms with van der Waals surface area (Å²) in [7, 11) is 0. The number of ether oxygens (including phenoxy) is 1. The first-order chi connectivity index (χ1) is 7.78. The Morgan fingerprint density at radius 3 is 2.35 bits per heavy atom. The van der Waals surface area contributed by atoms with Gasteiger partial charge in [0, 0.05) is 12.6 Å². The van der Waals surface area contributed by atoms with E-state index in [4.69, 9.17) is 9.84 Å². The van der Waals surface area contributed by atoms with Gasteiger partial charge >= 0.3 is 12.1 Å². The highest BCUT2D eigenvalue weighted by atomic mass is 16.6. The van der Waals surface area contributed by atoms with Gasteiger partial charge in [-0.2, -0.15) is 0 Å². The molecule has 1 amide bonds. The van der Waals surface area contributed by atoms with Gasteiger partial charge < -0.3 is 14.7 Å². The van der Waals surface area contributed by atoms with Crippen molar-refractivity contribution in [3.63, 3.8) is 0 Å². The monoisotopic (exact) mass is 241 g/mol. The fraction of sp³-hybridized carbons (Fsp3) is 0.833. The van der Waals surface area contributed by atoms with Gasteiger partial charge in [-0.15, -0.1) is 0 Å². The Kier molecular flexibility index (Phi) is 2.79. The fourth-order valence-corrected chi connectivity index (χ4v) is 2.80. The minimum absolute atomic E-state index is 0.0518. The summed E-state index contributed by atoms with van der Waals surface area (Å²) in [4.78, 5) is 24.5. The third-order valence-corrected chi connectivity index (χ3v) is 3.49. The standard InChI is InChI=1S/C12H19NO4/c1-12(2,3)17-11(16)13-6-7-4-8(13)5-9(7)10(14)15/h7-9H,4-6H2,1-3H3,(H,14,15)/t7-,8-,9?/m1/s1. The molecule has 96 valence electrons. The number of hydrogen-bond donors (Lipinski definition) is 1. The van der Waals surface area contributed by atoms with Crippen LogP contribution in [0.15, 0.2) is 0 Å². The number of aliphatic carboxylic acids is 1. The molecule has 5 nitrogen and oxygen atoms in total. The van der Waals surface area contributed by atoms with Crippen molar-refractivity contribution in [2.24, 2.45) is 11.8 Å². The van der Waals surface area contributed by atoms with Crippen molar-refractivity contribution >= 4 is 12.1 Å². The molecule has 0 radical (unpaired) electrons. The molecule has 2 rings (SSSR count). The molecule has 0 aromatic carbocycles. The van der Waals surface area contributed by atoms with Crippen LogP contribution in [0.3, 0.4) is 0 Å². The van der Waals surface area contributed by atoms with E-state index in [1.54, 1.807) is 4.90 Å². The van der Waals surface area contributed by atoms with Gasteiger partial charge in [-0.25, -0.2) is 4.79 Å². The van der Waals surface area contributed by atoms with E-state index >= 15 is 0 Å². The van der Waals surface area contributed by atoms with Crippen molar-refractivity contribution in [2.45, 2.75) is 45.3 Å². The van der Waals surface area contributed by atoms with E-state index in [9.17, 15) is 9.59 Å². The first-order valence-electron chi connectivity index (χ1n) is 6.00. The predicted molar refractivity (Wildman–Crippen MR) is 60.6 cm³/mol. The highest BCUT2D eigenvalue weighted by Crippen LogP contribution is 2.42. The summed E-state index contributed by atoms with van der Waals surface area (Å²) in [6.45, 7) is 6.02. The third kappa shape index (κ3) is 2.37.